The summed E-state index contributed by atoms with van der Waals surface area (Å²) in [5.41, 5.74) is 5.25. The number of hydrogen-bond donors (Lipinski definition) is 0. The van der Waals surface area contributed by atoms with Crippen molar-refractivity contribution in [2.75, 3.05) is 13.1 Å². The Kier molecular flexibility index (Phi) is 6.16. The predicted molar refractivity (Wildman–Crippen MR) is 141 cm³/mol. The lowest BCUT2D eigenvalue weighted by atomic mass is 9.97. The molecule has 3 aromatic heterocycles. The minimum atomic E-state index is 0.00901. The Hall–Kier alpha value is -3.69. The van der Waals surface area contributed by atoms with E-state index in [1.165, 1.54) is 11.5 Å². The second kappa shape index (κ2) is 9.75. The number of carbonyl (C=O) groups is 1. The molecule has 0 aliphatic carbocycles. The number of thiazole rings is 1. The molecule has 1 saturated heterocycles. The van der Waals surface area contributed by atoms with Gasteiger partial charge in [0, 0.05) is 35.5 Å². The standard InChI is InChI=1S/C27H23N5O2S2/c1-17-22(23(30-34-17)18-8-4-2-5-9-18)21-16-35-26(28-21)20-12-14-32(15-13-20)27(33)25-24(29-31-36-25)19-10-6-3-7-11-19/h2-11,16,20H,12-15H2,1H3. The van der Waals surface area contributed by atoms with Crippen LogP contribution in [-0.2, 0) is 0 Å². The Labute approximate surface area is 216 Å². The third-order valence-electron chi connectivity index (χ3n) is 6.55. The van der Waals surface area contributed by atoms with Gasteiger partial charge in [-0.2, -0.15) is 0 Å². The third-order valence-corrected chi connectivity index (χ3v) is 8.27. The van der Waals surface area contributed by atoms with Crippen LogP contribution in [0.4, 0.5) is 0 Å². The maximum atomic E-state index is 13.3. The number of amides is 1. The number of carbonyl (C=O) groups excluding carboxylic acids is 1. The van der Waals surface area contributed by atoms with Gasteiger partial charge in [-0.05, 0) is 31.3 Å². The first kappa shape index (κ1) is 22.8. The summed E-state index contributed by atoms with van der Waals surface area (Å²) in [5, 5.41) is 11.7. The Morgan fingerprint density at radius 3 is 2.33 bits per heavy atom. The molecule has 1 amide bonds. The van der Waals surface area contributed by atoms with E-state index in [1.54, 1.807) is 11.3 Å². The van der Waals surface area contributed by atoms with Crippen molar-refractivity contribution in [3.63, 3.8) is 0 Å². The fourth-order valence-electron chi connectivity index (χ4n) is 4.65. The van der Waals surface area contributed by atoms with E-state index < -0.39 is 0 Å². The summed E-state index contributed by atoms with van der Waals surface area (Å²) in [7, 11) is 0. The van der Waals surface area contributed by atoms with E-state index >= 15 is 0 Å². The maximum Gasteiger partial charge on any atom is 0.267 e. The molecule has 9 heteroatoms. The number of aryl methyl sites for hydroxylation is 1. The highest BCUT2D eigenvalue weighted by Crippen LogP contribution is 2.38. The Morgan fingerprint density at radius 2 is 1.64 bits per heavy atom. The number of benzene rings is 2. The van der Waals surface area contributed by atoms with Gasteiger partial charge in [0.25, 0.3) is 5.91 Å². The molecule has 0 N–H and O–H groups in total. The molecule has 1 aliphatic heterocycles. The second-order valence-corrected chi connectivity index (χ2v) is 10.4. The number of aromatic nitrogens is 4. The van der Waals surface area contributed by atoms with Crippen LogP contribution in [0.15, 0.2) is 70.6 Å². The lowest BCUT2D eigenvalue weighted by Crippen LogP contribution is -2.37. The number of hydrogen-bond acceptors (Lipinski definition) is 8. The van der Waals surface area contributed by atoms with E-state index in [-0.39, 0.29) is 5.91 Å². The molecule has 0 spiro atoms. The van der Waals surface area contributed by atoms with Crippen LogP contribution >= 0.6 is 22.9 Å². The van der Waals surface area contributed by atoms with E-state index in [1.807, 2.05) is 72.5 Å². The number of piperidine rings is 1. The monoisotopic (exact) mass is 513 g/mol. The van der Waals surface area contributed by atoms with Gasteiger partial charge in [-0.1, -0.05) is 70.3 Å². The Bertz CT molecular complexity index is 1480. The SMILES string of the molecule is Cc1onc(-c2ccccc2)c1-c1csc(C2CCN(C(=O)c3snnc3-c3ccccc3)CC2)n1. The average Bonchev–Trinajstić information content (AvgIpc) is 3.69. The molecule has 36 heavy (non-hydrogen) atoms. The smallest absolute Gasteiger partial charge is 0.267 e. The van der Waals surface area contributed by atoms with Crippen LogP contribution in [-0.4, -0.2) is 43.6 Å². The molecule has 2 aromatic carbocycles. The van der Waals surface area contributed by atoms with Crippen LogP contribution < -0.4 is 0 Å². The van der Waals surface area contributed by atoms with Crippen molar-refractivity contribution in [2.45, 2.75) is 25.7 Å². The summed E-state index contributed by atoms with van der Waals surface area (Å²) >= 11 is 2.84. The molecule has 0 radical (unpaired) electrons. The van der Waals surface area contributed by atoms with Gasteiger partial charge >= 0.3 is 0 Å². The molecule has 6 rings (SSSR count). The maximum absolute atomic E-state index is 13.3. The van der Waals surface area contributed by atoms with Crippen LogP contribution in [0.1, 0.15) is 39.2 Å². The van der Waals surface area contributed by atoms with Crippen molar-refractivity contribution in [2.24, 2.45) is 0 Å². The highest BCUT2D eigenvalue weighted by molar-refractivity contribution is 7.10. The van der Waals surface area contributed by atoms with Crippen LogP contribution in [0.2, 0.25) is 0 Å². The zero-order valence-electron chi connectivity index (χ0n) is 19.6. The van der Waals surface area contributed by atoms with E-state index in [2.05, 4.69) is 20.1 Å². The number of nitrogens with zero attached hydrogens (tertiary/aromatic N) is 5. The van der Waals surface area contributed by atoms with Crippen molar-refractivity contribution in [1.82, 2.24) is 24.6 Å². The van der Waals surface area contributed by atoms with Gasteiger partial charge < -0.3 is 9.42 Å². The van der Waals surface area contributed by atoms with Gasteiger partial charge in [-0.15, -0.1) is 16.4 Å². The van der Waals surface area contributed by atoms with E-state index in [0.717, 1.165) is 51.7 Å². The highest BCUT2D eigenvalue weighted by atomic mass is 32.1. The van der Waals surface area contributed by atoms with Gasteiger partial charge in [0.05, 0.1) is 16.3 Å². The lowest BCUT2D eigenvalue weighted by Gasteiger charge is -2.30. The lowest BCUT2D eigenvalue weighted by molar-refractivity contribution is 0.0718. The van der Waals surface area contributed by atoms with Crippen LogP contribution in [0.25, 0.3) is 33.8 Å². The molecule has 0 unspecified atom stereocenters. The summed E-state index contributed by atoms with van der Waals surface area (Å²) in [5.74, 6) is 1.09. The highest BCUT2D eigenvalue weighted by Gasteiger charge is 2.30. The molecule has 5 aromatic rings. The van der Waals surface area contributed by atoms with E-state index in [9.17, 15) is 4.79 Å². The zero-order chi connectivity index (χ0) is 24.5. The summed E-state index contributed by atoms with van der Waals surface area (Å²) in [6.45, 7) is 3.30. The first-order valence-corrected chi connectivity index (χ1v) is 13.5. The van der Waals surface area contributed by atoms with Gasteiger partial charge in [0.2, 0.25) is 0 Å². The second-order valence-electron chi connectivity index (χ2n) is 8.78. The molecule has 180 valence electrons. The molecule has 1 aliphatic rings. The number of likely N-dealkylation sites (tertiary alicyclic amines) is 1. The average molecular weight is 514 g/mol. The van der Waals surface area contributed by atoms with Crippen LogP contribution in [0.3, 0.4) is 0 Å². The third kappa shape index (κ3) is 4.25. The summed E-state index contributed by atoms with van der Waals surface area (Å²) < 4.78 is 9.60. The molecule has 1 fully saturated rings. The van der Waals surface area contributed by atoms with Crippen molar-refractivity contribution in [3.05, 3.63) is 81.7 Å². The molecular weight excluding hydrogens is 490 g/mol. The minimum absolute atomic E-state index is 0.00901. The van der Waals surface area contributed by atoms with Crippen LogP contribution in [0.5, 0.6) is 0 Å². The molecule has 4 heterocycles. The topological polar surface area (TPSA) is 85.0 Å². The largest absolute Gasteiger partial charge is 0.360 e. The molecular formula is C27H23N5O2S2. The quantitative estimate of drug-likeness (QED) is 0.274. The van der Waals surface area contributed by atoms with Gasteiger partial charge in [-0.25, -0.2) is 4.98 Å². The van der Waals surface area contributed by atoms with Crippen molar-refractivity contribution < 1.29 is 9.32 Å². The zero-order valence-corrected chi connectivity index (χ0v) is 21.3. The van der Waals surface area contributed by atoms with Gasteiger partial charge in [-0.3, -0.25) is 4.79 Å². The van der Waals surface area contributed by atoms with Crippen LogP contribution in [0, 0.1) is 6.92 Å². The first-order chi connectivity index (χ1) is 17.7. The van der Waals surface area contributed by atoms with Crippen molar-refractivity contribution in [1.29, 1.82) is 0 Å². The number of rotatable bonds is 5. The summed E-state index contributed by atoms with van der Waals surface area (Å²) in [6, 6.07) is 19.8. The molecule has 7 nitrogen and oxygen atoms in total. The fraction of sp³-hybridized carbons (Fsp3) is 0.222. The van der Waals surface area contributed by atoms with Crippen molar-refractivity contribution in [3.8, 4) is 33.8 Å². The van der Waals surface area contributed by atoms with E-state index in [4.69, 9.17) is 9.51 Å². The predicted octanol–water partition coefficient (Wildman–Crippen LogP) is 6.31. The fourth-order valence-corrected chi connectivity index (χ4v) is 6.28. The molecule has 0 bridgehead atoms. The van der Waals surface area contributed by atoms with Gasteiger partial charge in [0.1, 0.15) is 22.0 Å². The normalized spacial score (nSPS) is 14.3. The summed E-state index contributed by atoms with van der Waals surface area (Å²) in [4.78, 5) is 20.8. The first-order valence-electron chi connectivity index (χ1n) is 11.8. The van der Waals surface area contributed by atoms with Crippen molar-refractivity contribution >= 4 is 28.8 Å². The summed E-state index contributed by atoms with van der Waals surface area (Å²) in [6.07, 6.45) is 1.75. The Balaban J connectivity index is 1.17. The molecule has 0 saturated carbocycles. The molecule has 0 atom stereocenters. The van der Waals surface area contributed by atoms with E-state index in [0.29, 0.717) is 29.6 Å². The minimum Gasteiger partial charge on any atom is -0.360 e. The Morgan fingerprint density at radius 1 is 0.972 bits per heavy atom. The van der Waals surface area contributed by atoms with Gasteiger partial charge in [0.15, 0.2) is 0 Å².